The molecule has 0 aliphatic rings. The Morgan fingerprint density at radius 1 is 1.29 bits per heavy atom. The SMILES string of the molecule is CN(CC(C)(C)S(C)(=O)=O)c1c(Cl)cc([N+](=O)[O-])cc1Cl. The van der Waals surface area contributed by atoms with Crippen molar-refractivity contribution in [3.8, 4) is 0 Å². The van der Waals surface area contributed by atoms with Crippen LogP contribution in [0.4, 0.5) is 11.4 Å². The molecule has 0 bridgehead atoms. The monoisotopic (exact) mass is 354 g/mol. The highest BCUT2D eigenvalue weighted by Gasteiger charge is 2.32. The minimum atomic E-state index is -3.29. The molecule has 21 heavy (non-hydrogen) atoms. The summed E-state index contributed by atoms with van der Waals surface area (Å²) < 4.78 is 22.5. The number of benzene rings is 1. The maximum atomic E-state index is 11.8. The summed E-state index contributed by atoms with van der Waals surface area (Å²) in [6, 6.07) is 2.37. The van der Waals surface area contributed by atoms with Crippen LogP contribution in [0.3, 0.4) is 0 Å². The second kappa shape index (κ2) is 5.98. The average Bonchev–Trinajstić information content (AvgIpc) is 2.25. The molecule has 0 saturated carbocycles. The molecule has 0 radical (unpaired) electrons. The summed E-state index contributed by atoms with van der Waals surface area (Å²) >= 11 is 12.1. The highest BCUT2D eigenvalue weighted by Crippen LogP contribution is 2.37. The van der Waals surface area contributed by atoms with Crippen molar-refractivity contribution >= 4 is 44.4 Å². The van der Waals surface area contributed by atoms with E-state index in [0.29, 0.717) is 5.69 Å². The lowest BCUT2D eigenvalue weighted by molar-refractivity contribution is -0.384. The molecule has 6 nitrogen and oxygen atoms in total. The predicted molar refractivity (Wildman–Crippen MR) is 85.3 cm³/mol. The minimum Gasteiger partial charge on any atom is -0.371 e. The van der Waals surface area contributed by atoms with Gasteiger partial charge in [0.25, 0.3) is 5.69 Å². The molecule has 0 N–H and O–H groups in total. The highest BCUT2D eigenvalue weighted by atomic mass is 35.5. The van der Waals surface area contributed by atoms with Gasteiger partial charge in [-0.1, -0.05) is 23.2 Å². The van der Waals surface area contributed by atoms with Gasteiger partial charge in [-0.15, -0.1) is 0 Å². The summed E-state index contributed by atoms with van der Waals surface area (Å²) in [4.78, 5) is 11.7. The van der Waals surface area contributed by atoms with Crippen LogP contribution in [-0.2, 0) is 9.84 Å². The van der Waals surface area contributed by atoms with Crippen LogP contribution in [0.2, 0.25) is 10.0 Å². The van der Waals surface area contributed by atoms with Gasteiger partial charge in [0.1, 0.15) is 0 Å². The Labute approximate surface area is 133 Å². The van der Waals surface area contributed by atoms with Crippen LogP contribution in [0.15, 0.2) is 12.1 Å². The Bertz CT molecular complexity index is 651. The lowest BCUT2D eigenvalue weighted by atomic mass is 10.1. The van der Waals surface area contributed by atoms with Crippen molar-refractivity contribution < 1.29 is 13.3 Å². The summed E-state index contributed by atoms with van der Waals surface area (Å²) in [5.74, 6) is 0. The first-order chi connectivity index (χ1) is 9.36. The number of sulfone groups is 1. The minimum absolute atomic E-state index is 0.0981. The van der Waals surface area contributed by atoms with E-state index in [0.717, 1.165) is 6.26 Å². The van der Waals surface area contributed by atoms with Crippen molar-refractivity contribution in [2.24, 2.45) is 0 Å². The fraction of sp³-hybridized carbons (Fsp3) is 0.500. The van der Waals surface area contributed by atoms with Crippen molar-refractivity contribution in [3.63, 3.8) is 0 Å². The Kier molecular flexibility index (Phi) is 5.13. The van der Waals surface area contributed by atoms with Crippen LogP contribution >= 0.6 is 23.2 Å². The highest BCUT2D eigenvalue weighted by molar-refractivity contribution is 7.92. The number of nitro groups is 1. The number of hydrogen-bond acceptors (Lipinski definition) is 5. The van der Waals surface area contributed by atoms with Crippen LogP contribution in [0.25, 0.3) is 0 Å². The molecule has 118 valence electrons. The second-order valence-electron chi connectivity index (χ2n) is 5.40. The van der Waals surface area contributed by atoms with Gasteiger partial charge in [0, 0.05) is 32.0 Å². The largest absolute Gasteiger partial charge is 0.371 e. The zero-order valence-electron chi connectivity index (χ0n) is 12.1. The molecule has 9 heteroatoms. The van der Waals surface area contributed by atoms with E-state index in [1.54, 1.807) is 25.8 Å². The van der Waals surface area contributed by atoms with Crippen LogP contribution in [0.5, 0.6) is 0 Å². The van der Waals surface area contributed by atoms with Gasteiger partial charge in [0.05, 0.1) is 25.4 Å². The summed E-state index contributed by atoms with van der Waals surface area (Å²) in [5, 5.41) is 10.9. The smallest absolute Gasteiger partial charge is 0.272 e. The number of non-ortho nitro benzene ring substituents is 1. The van der Waals surface area contributed by atoms with E-state index in [2.05, 4.69) is 0 Å². The van der Waals surface area contributed by atoms with Crippen molar-refractivity contribution in [2.45, 2.75) is 18.6 Å². The van der Waals surface area contributed by atoms with Gasteiger partial charge in [-0.25, -0.2) is 8.42 Å². The normalized spacial score (nSPS) is 12.3. The molecule has 0 aromatic heterocycles. The molecule has 1 aromatic carbocycles. The summed E-state index contributed by atoms with van der Waals surface area (Å²) in [6.45, 7) is 3.32. The molecule has 0 unspecified atom stereocenters. The van der Waals surface area contributed by atoms with Crippen LogP contribution in [0, 0.1) is 10.1 Å². The number of hydrogen-bond donors (Lipinski definition) is 0. The van der Waals surface area contributed by atoms with Crippen LogP contribution in [0.1, 0.15) is 13.8 Å². The fourth-order valence-corrected chi connectivity index (χ4v) is 2.98. The first-order valence-electron chi connectivity index (χ1n) is 5.91. The summed E-state index contributed by atoms with van der Waals surface area (Å²) in [7, 11) is -1.66. The number of anilines is 1. The Hall–Kier alpha value is -1.05. The van der Waals surface area contributed by atoms with E-state index in [4.69, 9.17) is 23.2 Å². The van der Waals surface area contributed by atoms with Gasteiger partial charge in [0.15, 0.2) is 9.84 Å². The summed E-state index contributed by atoms with van der Waals surface area (Å²) in [6.07, 6.45) is 1.15. The molecule has 0 spiro atoms. The molecule has 0 heterocycles. The first kappa shape index (κ1) is 18.0. The van der Waals surface area contributed by atoms with E-state index in [-0.39, 0.29) is 22.3 Å². The number of halogens is 2. The third-order valence-electron chi connectivity index (χ3n) is 3.22. The molecule has 1 aromatic rings. The second-order valence-corrected chi connectivity index (χ2v) is 8.87. The lowest BCUT2D eigenvalue weighted by Crippen LogP contribution is -2.42. The van der Waals surface area contributed by atoms with Gasteiger partial charge in [-0.3, -0.25) is 10.1 Å². The topological polar surface area (TPSA) is 80.5 Å². The van der Waals surface area contributed by atoms with Crippen molar-refractivity contribution in [3.05, 3.63) is 32.3 Å². The van der Waals surface area contributed by atoms with Gasteiger partial charge in [-0.2, -0.15) is 0 Å². The number of nitrogens with zero attached hydrogens (tertiary/aromatic N) is 2. The summed E-state index contributed by atoms with van der Waals surface area (Å²) in [5.41, 5.74) is 0.144. The molecule has 0 fully saturated rings. The first-order valence-corrected chi connectivity index (χ1v) is 8.56. The van der Waals surface area contributed by atoms with Gasteiger partial charge >= 0.3 is 0 Å². The molecule has 0 aliphatic carbocycles. The van der Waals surface area contributed by atoms with E-state index in [9.17, 15) is 18.5 Å². The Morgan fingerprint density at radius 2 is 1.71 bits per heavy atom. The van der Waals surface area contributed by atoms with E-state index in [1.807, 2.05) is 0 Å². The third-order valence-corrected chi connectivity index (χ3v) is 5.93. The molecular weight excluding hydrogens is 339 g/mol. The molecule has 0 aliphatic heterocycles. The Morgan fingerprint density at radius 3 is 2.05 bits per heavy atom. The molecule has 0 saturated heterocycles. The predicted octanol–water partition coefficient (Wildman–Crippen LogP) is 3.16. The van der Waals surface area contributed by atoms with Crippen molar-refractivity contribution in [2.75, 3.05) is 24.7 Å². The van der Waals surface area contributed by atoms with Gasteiger partial charge < -0.3 is 4.90 Å². The molecular formula is C12H16Cl2N2O4S. The maximum absolute atomic E-state index is 11.8. The third kappa shape index (κ3) is 3.99. The quantitative estimate of drug-likeness (QED) is 0.599. The fourth-order valence-electron chi connectivity index (χ4n) is 1.79. The van der Waals surface area contributed by atoms with E-state index in [1.165, 1.54) is 12.1 Å². The lowest BCUT2D eigenvalue weighted by Gasteiger charge is -2.31. The Balaban J connectivity index is 3.21. The molecule has 0 amide bonds. The zero-order valence-corrected chi connectivity index (χ0v) is 14.4. The molecule has 1 rings (SSSR count). The number of rotatable bonds is 5. The number of nitro benzene ring substituents is 1. The van der Waals surface area contributed by atoms with Crippen molar-refractivity contribution in [1.82, 2.24) is 0 Å². The van der Waals surface area contributed by atoms with E-state index < -0.39 is 19.5 Å². The van der Waals surface area contributed by atoms with Crippen LogP contribution in [-0.4, -0.2) is 37.9 Å². The molecule has 0 atom stereocenters. The zero-order chi connectivity index (χ0) is 16.6. The van der Waals surface area contributed by atoms with Gasteiger partial charge in [-0.05, 0) is 13.8 Å². The maximum Gasteiger partial charge on any atom is 0.272 e. The average molecular weight is 355 g/mol. The standard InChI is InChI=1S/C12H16Cl2N2O4S/c1-12(2,21(4,19)20)7-15(3)11-9(13)5-8(16(17)18)6-10(11)14/h5-6H,7H2,1-4H3. The van der Waals surface area contributed by atoms with Crippen LogP contribution < -0.4 is 4.90 Å². The van der Waals surface area contributed by atoms with Gasteiger partial charge in [0.2, 0.25) is 0 Å². The van der Waals surface area contributed by atoms with Crippen molar-refractivity contribution in [1.29, 1.82) is 0 Å². The van der Waals surface area contributed by atoms with E-state index >= 15 is 0 Å².